The van der Waals surface area contributed by atoms with E-state index in [9.17, 15) is 9.90 Å². The van der Waals surface area contributed by atoms with Gasteiger partial charge in [-0.1, -0.05) is 0 Å². The van der Waals surface area contributed by atoms with Crippen LogP contribution in [0.15, 0.2) is 0 Å². The Morgan fingerprint density at radius 2 is 2.12 bits per heavy atom. The predicted molar refractivity (Wildman–Crippen MR) is 66.7 cm³/mol. The fraction of sp³-hybridized carbons (Fsp3) is 0.923. The molecule has 1 rings (SSSR count). The van der Waals surface area contributed by atoms with Crippen LogP contribution in [0.2, 0.25) is 0 Å². The molecule has 17 heavy (non-hydrogen) atoms. The Morgan fingerprint density at radius 1 is 1.47 bits per heavy atom. The van der Waals surface area contributed by atoms with E-state index in [2.05, 4.69) is 9.64 Å². The van der Waals surface area contributed by atoms with Crippen molar-refractivity contribution in [2.45, 2.75) is 45.1 Å². The van der Waals surface area contributed by atoms with Gasteiger partial charge in [0.05, 0.1) is 13.2 Å². The van der Waals surface area contributed by atoms with Crippen molar-refractivity contribution >= 4 is 5.97 Å². The van der Waals surface area contributed by atoms with Crippen LogP contribution in [0.3, 0.4) is 0 Å². The van der Waals surface area contributed by atoms with Crippen molar-refractivity contribution in [2.24, 2.45) is 5.92 Å². The summed E-state index contributed by atoms with van der Waals surface area (Å²) in [6.45, 7) is 4.78. The number of esters is 1. The number of carbonyl (C=O) groups excluding carboxylic acids is 1. The first-order valence-corrected chi connectivity index (χ1v) is 6.59. The number of carbonyl (C=O) groups is 1. The molecule has 1 N–H and O–H groups in total. The van der Waals surface area contributed by atoms with Crippen LogP contribution in [0.4, 0.5) is 0 Å². The van der Waals surface area contributed by atoms with E-state index in [0.717, 1.165) is 38.4 Å². The highest BCUT2D eigenvalue weighted by atomic mass is 16.5. The van der Waals surface area contributed by atoms with Crippen molar-refractivity contribution < 1.29 is 14.6 Å². The molecule has 1 aliphatic heterocycles. The van der Waals surface area contributed by atoms with Crippen LogP contribution in [-0.2, 0) is 9.53 Å². The Labute approximate surface area is 104 Å². The molecule has 1 fully saturated rings. The molecule has 4 nitrogen and oxygen atoms in total. The molecule has 0 aromatic carbocycles. The average Bonchev–Trinajstić information content (AvgIpc) is 2.30. The maximum Gasteiger partial charge on any atom is 0.305 e. The molecule has 0 amide bonds. The van der Waals surface area contributed by atoms with E-state index < -0.39 is 0 Å². The van der Waals surface area contributed by atoms with E-state index in [-0.39, 0.29) is 12.1 Å². The van der Waals surface area contributed by atoms with Gasteiger partial charge in [-0.2, -0.15) is 0 Å². The van der Waals surface area contributed by atoms with E-state index in [1.807, 2.05) is 6.92 Å². The number of aliphatic hydroxyl groups is 1. The number of likely N-dealkylation sites (tertiary alicyclic amines) is 1. The largest absolute Gasteiger partial charge is 0.469 e. The van der Waals surface area contributed by atoms with E-state index in [0.29, 0.717) is 6.42 Å². The fourth-order valence-electron chi connectivity index (χ4n) is 2.47. The number of hydrogen-bond acceptors (Lipinski definition) is 4. The summed E-state index contributed by atoms with van der Waals surface area (Å²) in [6.07, 6.45) is 4.75. The maximum atomic E-state index is 11.0. The van der Waals surface area contributed by atoms with Crippen LogP contribution in [0.25, 0.3) is 0 Å². The SMILES string of the molecule is COC(=O)CCCC1CCN(C[C@H](C)O)CC1. The van der Waals surface area contributed by atoms with Gasteiger partial charge >= 0.3 is 5.97 Å². The molecule has 0 bridgehead atoms. The van der Waals surface area contributed by atoms with Crippen LogP contribution in [0.1, 0.15) is 39.0 Å². The molecule has 1 heterocycles. The van der Waals surface area contributed by atoms with Crippen LogP contribution in [0.5, 0.6) is 0 Å². The molecule has 4 heteroatoms. The second-order valence-corrected chi connectivity index (χ2v) is 5.06. The minimum atomic E-state index is -0.231. The Hall–Kier alpha value is -0.610. The minimum Gasteiger partial charge on any atom is -0.469 e. The normalized spacial score (nSPS) is 20.2. The predicted octanol–water partition coefficient (Wildman–Crippen LogP) is 1.42. The number of methoxy groups -OCH3 is 1. The second-order valence-electron chi connectivity index (χ2n) is 5.06. The lowest BCUT2D eigenvalue weighted by Crippen LogP contribution is -2.38. The van der Waals surface area contributed by atoms with E-state index in [4.69, 9.17) is 0 Å². The zero-order chi connectivity index (χ0) is 12.7. The van der Waals surface area contributed by atoms with Crippen LogP contribution in [-0.4, -0.2) is 48.8 Å². The first-order valence-electron chi connectivity index (χ1n) is 6.59. The number of ether oxygens (including phenoxy) is 1. The molecule has 0 saturated carbocycles. The lowest BCUT2D eigenvalue weighted by atomic mass is 9.91. The molecule has 0 unspecified atom stereocenters. The van der Waals surface area contributed by atoms with Gasteiger partial charge in [-0.05, 0) is 51.6 Å². The molecule has 0 aromatic rings. The van der Waals surface area contributed by atoms with Gasteiger partial charge in [0.2, 0.25) is 0 Å². The zero-order valence-corrected chi connectivity index (χ0v) is 11.0. The first-order chi connectivity index (χ1) is 8.11. The maximum absolute atomic E-state index is 11.0. The third kappa shape index (κ3) is 6.03. The first kappa shape index (κ1) is 14.5. The standard InChI is InChI=1S/C13H25NO3/c1-11(15)10-14-8-6-12(7-9-14)4-3-5-13(16)17-2/h11-12,15H,3-10H2,1-2H3/t11-/m0/s1. The quantitative estimate of drug-likeness (QED) is 0.717. The van der Waals surface area contributed by atoms with Gasteiger partial charge in [-0.3, -0.25) is 4.79 Å². The molecule has 1 saturated heterocycles. The summed E-state index contributed by atoms with van der Waals surface area (Å²) < 4.78 is 4.63. The fourth-order valence-corrected chi connectivity index (χ4v) is 2.47. The highest BCUT2D eigenvalue weighted by molar-refractivity contribution is 5.68. The molecule has 0 aliphatic carbocycles. The highest BCUT2D eigenvalue weighted by Gasteiger charge is 2.19. The molecular weight excluding hydrogens is 218 g/mol. The van der Waals surface area contributed by atoms with Gasteiger partial charge in [0.15, 0.2) is 0 Å². The summed E-state index contributed by atoms with van der Waals surface area (Å²) in [4.78, 5) is 13.3. The molecule has 0 radical (unpaired) electrons. The van der Waals surface area contributed by atoms with Crippen LogP contribution < -0.4 is 0 Å². The number of nitrogens with zero attached hydrogens (tertiary/aromatic N) is 1. The van der Waals surface area contributed by atoms with E-state index >= 15 is 0 Å². The molecule has 1 aliphatic rings. The van der Waals surface area contributed by atoms with Crippen LogP contribution in [0, 0.1) is 5.92 Å². The number of hydrogen-bond donors (Lipinski definition) is 1. The molecule has 100 valence electrons. The van der Waals surface area contributed by atoms with Gasteiger partial charge < -0.3 is 14.7 Å². The van der Waals surface area contributed by atoms with Gasteiger partial charge in [-0.25, -0.2) is 0 Å². The number of rotatable bonds is 6. The third-order valence-electron chi connectivity index (χ3n) is 3.45. The molecule has 1 atom stereocenters. The van der Waals surface area contributed by atoms with Crippen molar-refractivity contribution in [3.63, 3.8) is 0 Å². The minimum absolute atomic E-state index is 0.100. The number of β-amino-alcohol motifs (C(OH)–C–C–N with tert-alkyl or cyclic N) is 1. The lowest BCUT2D eigenvalue weighted by molar-refractivity contribution is -0.140. The Kier molecular flexibility index (Phi) is 6.52. The summed E-state index contributed by atoms with van der Waals surface area (Å²) >= 11 is 0. The van der Waals surface area contributed by atoms with E-state index in [1.54, 1.807) is 0 Å². The summed E-state index contributed by atoms with van der Waals surface area (Å²) in [6, 6.07) is 0. The average molecular weight is 243 g/mol. The smallest absolute Gasteiger partial charge is 0.305 e. The van der Waals surface area contributed by atoms with Crippen molar-refractivity contribution in [3.05, 3.63) is 0 Å². The monoisotopic (exact) mass is 243 g/mol. The lowest BCUT2D eigenvalue weighted by Gasteiger charge is -2.32. The van der Waals surface area contributed by atoms with Crippen molar-refractivity contribution in [1.29, 1.82) is 0 Å². The topological polar surface area (TPSA) is 49.8 Å². The molecule has 0 spiro atoms. The Morgan fingerprint density at radius 3 is 2.65 bits per heavy atom. The van der Waals surface area contributed by atoms with Gasteiger partial charge in [0, 0.05) is 13.0 Å². The number of piperidine rings is 1. The molecular formula is C13H25NO3. The molecule has 0 aromatic heterocycles. The van der Waals surface area contributed by atoms with Gasteiger partial charge in [-0.15, -0.1) is 0 Å². The number of aliphatic hydroxyl groups excluding tert-OH is 1. The summed E-state index contributed by atoms with van der Waals surface area (Å²) in [5.74, 6) is 0.640. The Bertz CT molecular complexity index is 223. The Balaban J connectivity index is 2.08. The summed E-state index contributed by atoms with van der Waals surface area (Å²) in [7, 11) is 1.44. The third-order valence-corrected chi connectivity index (χ3v) is 3.45. The summed E-state index contributed by atoms with van der Waals surface area (Å²) in [5, 5.41) is 9.31. The summed E-state index contributed by atoms with van der Waals surface area (Å²) in [5.41, 5.74) is 0. The van der Waals surface area contributed by atoms with Crippen molar-refractivity contribution in [2.75, 3.05) is 26.7 Å². The highest BCUT2D eigenvalue weighted by Crippen LogP contribution is 2.22. The second kappa shape index (κ2) is 7.67. The van der Waals surface area contributed by atoms with E-state index in [1.165, 1.54) is 20.0 Å². The van der Waals surface area contributed by atoms with Crippen molar-refractivity contribution in [1.82, 2.24) is 4.90 Å². The zero-order valence-electron chi connectivity index (χ0n) is 11.0. The van der Waals surface area contributed by atoms with Crippen molar-refractivity contribution in [3.8, 4) is 0 Å². The van der Waals surface area contributed by atoms with Crippen LogP contribution >= 0.6 is 0 Å². The van der Waals surface area contributed by atoms with Gasteiger partial charge in [0.1, 0.15) is 0 Å². The van der Waals surface area contributed by atoms with Gasteiger partial charge in [0.25, 0.3) is 0 Å².